The fourth-order valence-corrected chi connectivity index (χ4v) is 3.99. The van der Waals surface area contributed by atoms with Crippen LogP contribution in [-0.2, 0) is 11.8 Å². The average molecular weight is 441 g/mol. The molecule has 4 rings (SSSR count). The van der Waals surface area contributed by atoms with Crippen molar-refractivity contribution in [3.05, 3.63) is 58.6 Å². The van der Waals surface area contributed by atoms with Gasteiger partial charge in [-0.3, -0.25) is 14.3 Å². The van der Waals surface area contributed by atoms with Crippen molar-refractivity contribution >= 4 is 45.6 Å². The number of pyridine rings is 1. The van der Waals surface area contributed by atoms with Crippen LogP contribution in [0.5, 0.6) is 0 Å². The van der Waals surface area contributed by atoms with Gasteiger partial charge in [0.15, 0.2) is 17.3 Å². The van der Waals surface area contributed by atoms with E-state index in [-0.39, 0.29) is 16.9 Å². The average Bonchev–Trinajstić information content (AvgIpc) is 3.33. The number of hydrogen-bond acceptors (Lipinski definition) is 5. The third-order valence-corrected chi connectivity index (χ3v) is 5.50. The molecule has 2 amide bonds. The van der Waals surface area contributed by atoms with Gasteiger partial charge in [-0.05, 0) is 24.4 Å². The molecule has 0 aliphatic rings. The number of anilines is 2. The molecule has 0 aliphatic heterocycles. The molecule has 0 saturated heterocycles. The Morgan fingerprint density at radius 3 is 2.39 bits per heavy atom. The SMILES string of the molecule is CC(=O)Nc1cc(F)c(F)cc1NC(=O)c1cc(-c2cccs2)nc2c1c(C)nn2C. The Labute approximate surface area is 179 Å². The fourth-order valence-electron chi connectivity index (χ4n) is 3.31. The predicted octanol–water partition coefficient (Wildman–Crippen LogP) is 4.49. The zero-order chi connectivity index (χ0) is 22.3. The van der Waals surface area contributed by atoms with Gasteiger partial charge in [0.05, 0.1) is 38.6 Å². The van der Waals surface area contributed by atoms with E-state index in [1.807, 2.05) is 17.5 Å². The van der Waals surface area contributed by atoms with Gasteiger partial charge in [0.1, 0.15) is 0 Å². The molecule has 0 saturated carbocycles. The predicted molar refractivity (Wildman–Crippen MR) is 115 cm³/mol. The van der Waals surface area contributed by atoms with Gasteiger partial charge in [-0.1, -0.05) is 6.07 Å². The van der Waals surface area contributed by atoms with E-state index in [0.29, 0.717) is 22.4 Å². The Hall–Kier alpha value is -3.66. The van der Waals surface area contributed by atoms with Gasteiger partial charge in [-0.25, -0.2) is 13.8 Å². The van der Waals surface area contributed by atoms with Crippen LogP contribution in [0.1, 0.15) is 23.0 Å². The molecule has 1 aromatic carbocycles. The lowest BCUT2D eigenvalue weighted by molar-refractivity contribution is -0.114. The summed E-state index contributed by atoms with van der Waals surface area (Å²) in [4.78, 5) is 30.2. The number of aromatic nitrogens is 3. The second-order valence-corrected chi connectivity index (χ2v) is 7.83. The third-order valence-electron chi connectivity index (χ3n) is 4.61. The Kier molecular flexibility index (Phi) is 5.24. The topological polar surface area (TPSA) is 88.9 Å². The van der Waals surface area contributed by atoms with Crippen LogP contribution in [0.25, 0.3) is 21.6 Å². The van der Waals surface area contributed by atoms with Crippen LogP contribution >= 0.6 is 11.3 Å². The minimum absolute atomic E-state index is 0.0496. The molecule has 0 spiro atoms. The number of fused-ring (bicyclic) bond motifs is 1. The highest BCUT2D eigenvalue weighted by molar-refractivity contribution is 7.13. The molecule has 0 fully saturated rings. The maximum Gasteiger partial charge on any atom is 0.256 e. The van der Waals surface area contributed by atoms with Crippen molar-refractivity contribution < 1.29 is 18.4 Å². The van der Waals surface area contributed by atoms with Gasteiger partial charge < -0.3 is 10.6 Å². The first-order valence-electron chi connectivity index (χ1n) is 9.21. The summed E-state index contributed by atoms with van der Waals surface area (Å²) in [6.45, 7) is 2.98. The Bertz CT molecular complexity index is 1330. The van der Waals surface area contributed by atoms with Crippen molar-refractivity contribution in [1.82, 2.24) is 14.8 Å². The number of hydrogen-bond donors (Lipinski definition) is 2. The minimum Gasteiger partial charge on any atom is -0.324 e. The van der Waals surface area contributed by atoms with E-state index >= 15 is 0 Å². The normalized spacial score (nSPS) is 11.0. The molecule has 0 bridgehead atoms. The molecular weight excluding hydrogens is 424 g/mol. The quantitative estimate of drug-likeness (QED) is 0.488. The number of rotatable bonds is 4. The van der Waals surface area contributed by atoms with Gasteiger partial charge in [0, 0.05) is 26.1 Å². The van der Waals surface area contributed by atoms with Crippen LogP contribution in [-0.4, -0.2) is 26.6 Å². The number of benzene rings is 1. The molecule has 2 N–H and O–H groups in total. The maximum atomic E-state index is 13.9. The van der Waals surface area contributed by atoms with Gasteiger partial charge in [0.25, 0.3) is 5.91 Å². The Balaban J connectivity index is 1.83. The van der Waals surface area contributed by atoms with E-state index in [2.05, 4.69) is 20.7 Å². The highest BCUT2D eigenvalue weighted by Gasteiger charge is 2.21. The van der Waals surface area contributed by atoms with E-state index in [9.17, 15) is 18.4 Å². The number of halogens is 2. The van der Waals surface area contributed by atoms with Crippen molar-refractivity contribution in [3.8, 4) is 10.6 Å². The summed E-state index contributed by atoms with van der Waals surface area (Å²) < 4.78 is 29.1. The molecule has 0 radical (unpaired) electrons. The second kappa shape index (κ2) is 7.88. The van der Waals surface area contributed by atoms with Gasteiger partial charge in [-0.2, -0.15) is 5.10 Å². The van der Waals surface area contributed by atoms with Crippen LogP contribution in [0.2, 0.25) is 0 Å². The van der Waals surface area contributed by atoms with Crippen molar-refractivity contribution in [1.29, 1.82) is 0 Å². The van der Waals surface area contributed by atoms with E-state index in [1.165, 1.54) is 18.3 Å². The molecule has 3 aromatic heterocycles. The molecule has 10 heteroatoms. The molecule has 31 heavy (non-hydrogen) atoms. The largest absolute Gasteiger partial charge is 0.324 e. The van der Waals surface area contributed by atoms with Crippen molar-refractivity contribution in [2.45, 2.75) is 13.8 Å². The minimum atomic E-state index is -1.15. The number of aryl methyl sites for hydroxylation is 2. The number of nitrogens with zero attached hydrogens (tertiary/aromatic N) is 3. The summed E-state index contributed by atoms with van der Waals surface area (Å²) in [5.41, 5.74) is 1.86. The van der Waals surface area contributed by atoms with E-state index in [1.54, 1.807) is 24.7 Å². The van der Waals surface area contributed by atoms with Gasteiger partial charge >= 0.3 is 0 Å². The molecule has 158 valence electrons. The molecular formula is C21H17F2N5O2S. The number of thiophene rings is 1. The molecule has 4 aromatic rings. The Morgan fingerprint density at radius 1 is 1.10 bits per heavy atom. The van der Waals surface area contributed by atoms with Crippen LogP contribution < -0.4 is 10.6 Å². The monoisotopic (exact) mass is 441 g/mol. The highest BCUT2D eigenvalue weighted by Crippen LogP contribution is 2.31. The van der Waals surface area contributed by atoms with Crippen LogP contribution in [0.3, 0.4) is 0 Å². The maximum absolute atomic E-state index is 13.9. The molecule has 0 atom stereocenters. The smallest absolute Gasteiger partial charge is 0.256 e. The molecule has 3 heterocycles. The molecule has 0 aliphatic carbocycles. The highest BCUT2D eigenvalue weighted by atomic mass is 32.1. The first-order chi connectivity index (χ1) is 14.7. The van der Waals surface area contributed by atoms with Gasteiger partial charge in [0.2, 0.25) is 5.91 Å². The summed E-state index contributed by atoms with van der Waals surface area (Å²) in [7, 11) is 1.73. The lowest BCUT2D eigenvalue weighted by Crippen LogP contribution is -2.16. The first-order valence-corrected chi connectivity index (χ1v) is 10.1. The Morgan fingerprint density at radius 2 is 1.77 bits per heavy atom. The molecule has 0 unspecified atom stereocenters. The summed E-state index contributed by atoms with van der Waals surface area (Å²) >= 11 is 1.47. The van der Waals surface area contributed by atoms with Gasteiger partial charge in [-0.15, -0.1) is 11.3 Å². The molecule has 7 nitrogen and oxygen atoms in total. The number of carbonyl (C=O) groups excluding carboxylic acids is 2. The standard InChI is InChI=1S/C21H17F2N5O2S/c1-10-19-12(7-17(18-5-4-6-31-18)25-20(19)28(3)27-10)21(30)26-16-9-14(23)13(22)8-15(16)24-11(2)29/h4-9H,1-3H3,(H,24,29)(H,26,30). The number of nitrogens with one attached hydrogen (secondary N) is 2. The third kappa shape index (κ3) is 3.89. The number of amides is 2. The zero-order valence-corrected chi connectivity index (χ0v) is 17.6. The van der Waals surface area contributed by atoms with Crippen LogP contribution in [0.4, 0.5) is 20.2 Å². The van der Waals surface area contributed by atoms with Crippen molar-refractivity contribution in [3.63, 3.8) is 0 Å². The van der Waals surface area contributed by atoms with E-state index in [0.717, 1.165) is 17.0 Å². The summed E-state index contributed by atoms with van der Waals surface area (Å²) in [6.07, 6.45) is 0. The zero-order valence-electron chi connectivity index (χ0n) is 16.8. The summed E-state index contributed by atoms with van der Waals surface area (Å²) in [6, 6.07) is 7.04. The van der Waals surface area contributed by atoms with Crippen LogP contribution in [0, 0.1) is 18.6 Å². The van der Waals surface area contributed by atoms with E-state index < -0.39 is 23.4 Å². The summed E-state index contributed by atoms with van der Waals surface area (Å²) in [5.74, 6) is -3.35. The lowest BCUT2D eigenvalue weighted by atomic mass is 10.1. The summed E-state index contributed by atoms with van der Waals surface area (Å²) in [5, 5.41) is 11.8. The lowest BCUT2D eigenvalue weighted by Gasteiger charge is -2.13. The number of carbonyl (C=O) groups is 2. The van der Waals surface area contributed by atoms with Crippen molar-refractivity contribution in [2.75, 3.05) is 10.6 Å². The second-order valence-electron chi connectivity index (χ2n) is 6.89. The van der Waals surface area contributed by atoms with Crippen molar-refractivity contribution in [2.24, 2.45) is 7.05 Å². The fraction of sp³-hybridized carbons (Fsp3) is 0.143. The first kappa shape index (κ1) is 20.6. The van der Waals surface area contributed by atoms with Crippen LogP contribution in [0.15, 0.2) is 35.7 Å². The van der Waals surface area contributed by atoms with E-state index in [4.69, 9.17) is 0 Å².